The van der Waals surface area contributed by atoms with Crippen LogP contribution in [0.5, 0.6) is 0 Å². The van der Waals surface area contributed by atoms with E-state index in [-0.39, 0.29) is 24.2 Å². The second-order valence-corrected chi connectivity index (χ2v) is 5.98. The van der Waals surface area contributed by atoms with Crippen LogP contribution in [-0.4, -0.2) is 30.7 Å². The zero-order chi connectivity index (χ0) is 19.0. The van der Waals surface area contributed by atoms with E-state index in [2.05, 4.69) is 15.8 Å². The predicted molar refractivity (Wildman–Crippen MR) is 89.5 cm³/mol. The van der Waals surface area contributed by atoms with Gasteiger partial charge in [0.2, 0.25) is 0 Å². The van der Waals surface area contributed by atoms with Gasteiger partial charge in [0.25, 0.3) is 11.8 Å². The summed E-state index contributed by atoms with van der Waals surface area (Å²) in [5, 5.41) is 8.41. The molecule has 0 atom stereocenters. The zero-order valence-corrected chi connectivity index (χ0v) is 14.0. The molecule has 1 aromatic carbocycles. The van der Waals surface area contributed by atoms with Crippen molar-refractivity contribution in [3.63, 3.8) is 0 Å². The van der Waals surface area contributed by atoms with Gasteiger partial charge in [0.05, 0.1) is 5.56 Å². The van der Waals surface area contributed by atoms with Crippen LogP contribution in [0.2, 0.25) is 0 Å². The number of benzene rings is 1. The summed E-state index contributed by atoms with van der Waals surface area (Å²) in [4.78, 5) is 28.0. The summed E-state index contributed by atoms with van der Waals surface area (Å²) in [5.74, 6) is -1.09. The Hall–Kier alpha value is -2.58. The van der Waals surface area contributed by atoms with Gasteiger partial charge < -0.3 is 15.5 Å². The minimum absolute atomic E-state index is 0.0219. The molecule has 142 valence electrons. The molecule has 0 radical (unpaired) electrons. The molecule has 9 heteroatoms. The van der Waals surface area contributed by atoms with E-state index in [1.54, 1.807) is 0 Å². The van der Waals surface area contributed by atoms with Crippen LogP contribution in [0.15, 0.2) is 29.4 Å². The molecule has 2 rings (SSSR count). The van der Waals surface area contributed by atoms with Crippen molar-refractivity contribution in [2.45, 2.75) is 44.3 Å². The summed E-state index contributed by atoms with van der Waals surface area (Å²) >= 11 is 0. The van der Waals surface area contributed by atoms with Crippen molar-refractivity contribution >= 4 is 23.7 Å². The topological polar surface area (TPSA) is 79.8 Å². The molecule has 1 aromatic rings. The quantitative estimate of drug-likeness (QED) is 0.596. The molecule has 0 aliphatic heterocycles. The fourth-order valence-corrected chi connectivity index (χ4v) is 2.65. The van der Waals surface area contributed by atoms with E-state index in [0.717, 1.165) is 44.0 Å². The highest BCUT2D eigenvalue weighted by atomic mass is 19.4. The lowest BCUT2D eigenvalue weighted by molar-refractivity contribution is -0.137. The molecule has 0 aromatic heterocycles. The van der Waals surface area contributed by atoms with E-state index in [0.29, 0.717) is 0 Å². The van der Waals surface area contributed by atoms with Gasteiger partial charge >= 0.3 is 6.18 Å². The van der Waals surface area contributed by atoms with Gasteiger partial charge in [-0.3, -0.25) is 9.59 Å². The fourth-order valence-electron chi connectivity index (χ4n) is 2.65. The first kappa shape index (κ1) is 19.7. The molecule has 0 spiro atoms. The Bertz CT molecular complexity index is 656. The minimum Gasteiger partial charge on any atom is -0.386 e. The standard InChI is InChI=1S/C17H20F3N3O3/c18-17(19,20)12-5-4-8-14(9-12)23-15(24)10-21-26-11-16(25)22-13-6-2-1-3-7-13/h4-5,8-10,13H,1-3,6-7,11H2,(H,22,25)(H,23,24)/b21-10+. The molecule has 0 heterocycles. The zero-order valence-electron chi connectivity index (χ0n) is 14.0. The molecule has 1 aliphatic carbocycles. The van der Waals surface area contributed by atoms with E-state index < -0.39 is 17.6 Å². The lowest BCUT2D eigenvalue weighted by atomic mass is 9.95. The number of oxime groups is 1. The van der Waals surface area contributed by atoms with E-state index in [4.69, 9.17) is 4.84 Å². The molecule has 26 heavy (non-hydrogen) atoms. The number of anilines is 1. The first-order valence-corrected chi connectivity index (χ1v) is 8.27. The molecule has 0 saturated heterocycles. The fraction of sp³-hybridized carbons (Fsp3) is 0.471. The molecule has 1 aliphatic rings. The summed E-state index contributed by atoms with van der Waals surface area (Å²) in [7, 11) is 0. The minimum atomic E-state index is -4.50. The van der Waals surface area contributed by atoms with Crippen LogP contribution in [0, 0.1) is 0 Å². The number of nitrogens with one attached hydrogen (secondary N) is 2. The lowest BCUT2D eigenvalue weighted by Gasteiger charge is -2.22. The van der Waals surface area contributed by atoms with Crippen LogP contribution in [0.25, 0.3) is 0 Å². The normalized spacial score (nSPS) is 15.7. The van der Waals surface area contributed by atoms with Crippen molar-refractivity contribution in [2.75, 3.05) is 11.9 Å². The van der Waals surface area contributed by atoms with E-state index in [1.807, 2.05) is 0 Å². The molecule has 2 amide bonds. The van der Waals surface area contributed by atoms with Crippen molar-refractivity contribution in [3.8, 4) is 0 Å². The number of amides is 2. The van der Waals surface area contributed by atoms with Gasteiger partial charge in [-0.1, -0.05) is 30.5 Å². The second-order valence-electron chi connectivity index (χ2n) is 5.98. The van der Waals surface area contributed by atoms with Crippen LogP contribution in [0.3, 0.4) is 0 Å². The van der Waals surface area contributed by atoms with Crippen molar-refractivity contribution in [1.82, 2.24) is 5.32 Å². The van der Waals surface area contributed by atoms with Crippen LogP contribution < -0.4 is 10.6 Å². The Balaban J connectivity index is 1.73. The lowest BCUT2D eigenvalue weighted by Crippen LogP contribution is -2.38. The third-order valence-corrected chi connectivity index (χ3v) is 3.87. The maximum atomic E-state index is 12.6. The highest BCUT2D eigenvalue weighted by molar-refractivity contribution is 6.31. The smallest absolute Gasteiger partial charge is 0.386 e. The highest BCUT2D eigenvalue weighted by Crippen LogP contribution is 2.30. The molecular formula is C17H20F3N3O3. The monoisotopic (exact) mass is 371 g/mol. The number of halogens is 3. The molecule has 0 unspecified atom stereocenters. The van der Waals surface area contributed by atoms with Crippen LogP contribution in [0.1, 0.15) is 37.7 Å². The first-order valence-electron chi connectivity index (χ1n) is 8.27. The largest absolute Gasteiger partial charge is 0.416 e. The van der Waals surface area contributed by atoms with E-state index in [9.17, 15) is 22.8 Å². The van der Waals surface area contributed by atoms with Crippen LogP contribution in [0.4, 0.5) is 18.9 Å². The predicted octanol–water partition coefficient (Wildman–Crippen LogP) is 3.10. The highest BCUT2D eigenvalue weighted by Gasteiger charge is 2.30. The Kier molecular flexibility index (Phi) is 6.99. The van der Waals surface area contributed by atoms with Gasteiger partial charge in [-0.15, -0.1) is 0 Å². The Morgan fingerprint density at radius 1 is 1.23 bits per heavy atom. The summed E-state index contributed by atoms with van der Waals surface area (Å²) in [6.07, 6.45) is 1.48. The van der Waals surface area contributed by atoms with Gasteiger partial charge in [-0.25, -0.2) is 0 Å². The summed E-state index contributed by atoms with van der Waals surface area (Å²) in [6, 6.07) is 4.36. The van der Waals surface area contributed by atoms with Crippen molar-refractivity contribution < 1.29 is 27.6 Å². The van der Waals surface area contributed by atoms with Crippen molar-refractivity contribution in [1.29, 1.82) is 0 Å². The van der Waals surface area contributed by atoms with Gasteiger partial charge in [0, 0.05) is 11.7 Å². The Morgan fingerprint density at radius 3 is 2.65 bits per heavy atom. The number of alkyl halides is 3. The van der Waals surface area contributed by atoms with Crippen molar-refractivity contribution in [3.05, 3.63) is 29.8 Å². The van der Waals surface area contributed by atoms with E-state index in [1.165, 1.54) is 18.6 Å². The average molecular weight is 371 g/mol. The number of carbonyl (C=O) groups is 2. The maximum absolute atomic E-state index is 12.6. The summed E-state index contributed by atoms with van der Waals surface area (Å²) in [5.41, 5.74) is -0.894. The maximum Gasteiger partial charge on any atom is 0.416 e. The van der Waals surface area contributed by atoms with Gasteiger partial charge in [0.1, 0.15) is 6.21 Å². The van der Waals surface area contributed by atoms with Gasteiger partial charge in [0.15, 0.2) is 6.61 Å². The third kappa shape index (κ3) is 6.73. The third-order valence-electron chi connectivity index (χ3n) is 3.87. The van der Waals surface area contributed by atoms with Gasteiger partial charge in [-0.05, 0) is 31.0 Å². The number of rotatable bonds is 6. The van der Waals surface area contributed by atoms with Crippen molar-refractivity contribution in [2.24, 2.45) is 5.16 Å². The van der Waals surface area contributed by atoms with Crippen LogP contribution in [-0.2, 0) is 20.6 Å². The number of hydrogen-bond donors (Lipinski definition) is 2. The average Bonchev–Trinajstić information content (AvgIpc) is 2.59. The second kappa shape index (κ2) is 9.21. The van der Waals surface area contributed by atoms with E-state index >= 15 is 0 Å². The Morgan fingerprint density at radius 2 is 1.96 bits per heavy atom. The van der Waals surface area contributed by atoms with Gasteiger partial charge in [-0.2, -0.15) is 13.2 Å². The SMILES string of the molecule is O=C(/C=N/OCC(=O)NC1CCCCC1)Nc1cccc(C(F)(F)F)c1. The molecule has 0 bridgehead atoms. The number of hydrogen-bond acceptors (Lipinski definition) is 4. The molecule has 1 saturated carbocycles. The number of nitrogens with zero attached hydrogens (tertiary/aromatic N) is 1. The molecule has 6 nitrogen and oxygen atoms in total. The number of carbonyl (C=O) groups excluding carboxylic acids is 2. The molecular weight excluding hydrogens is 351 g/mol. The first-order chi connectivity index (χ1) is 12.3. The molecule has 2 N–H and O–H groups in total. The molecule has 1 fully saturated rings. The summed E-state index contributed by atoms with van der Waals surface area (Å²) < 4.78 is 37.8. The Labute approximate surface area is 148 Å². The summed E-state index contributed by atoms with van der Waals surface area (Å²) in [6.45, 7) is -0.330. The van der Waals surface area contributed by atoms with Crippen LogP contribution >= 0.6 is 0 Å².